The van der Waals surface area contributed by atoms with Crippen LogP contribution in [0.5, 0.6) is 5.75 Å². The van der Waals surface area contributed by atoms with Gasteiger partial charge in [-0.05, 0) is 43.5 Å². The van der Waals surface area contributed by atoms with Gasteiger partial charge in [-0.3, -0.25) is 0 Å². The molecule has 0 amide bonds. The van der Waals surface area contributed by atoms with E-state index < -0.39 is 0 Å². The first-order valence-corrected chi connectivity index (χ1v) is 7.14. The maximum Gasteiger partial charge on any atom is 0.137 e. The minimum atomic E-state index is 0.0954. The second-order valence-electron chi connectivity index (χ2n) is 5.61. The molecule has 0 bridgehead atoms. The van der Waals surface area contributed by atoms with E-state index in [0.29, 0.717) is 18.6 Å². The van der Waals surface area contributed by atoms with Crippen molar-refractivity contribution in [3.63, 3.8) is 0 Å². The van der Waals surface area contributed by atoms with Crippen molar-refractivity contribution in [2.75, 3.05) is 20.3 Å². The van der Waals surface area contributed by atoms with Gasteiger partial charge in [0.05, 0.1) is 6.61 Å². The summed E-state index contributed by atoms with van der Waals surface area (Å²) in [6.45, 7) is 7.98. The van der Waals surface area contributed by atoms with Crippen LogP contribution in [0.1, 0.15) is 37.3 Å². The van der Waals surface area contributed by atoms with Crippen molar-refractivity contribution >= 4 is 0 Å². The highest BCUT2D eigenvalue weighted by Crippen LogP contribution is 2.29. The third-order valence-electron chi connectivity index (χ3n) is 3.74. The molecule has 2 rings (SSSR count). The van der Waals surface area contributed by atoms with Crippen LogP contribution in [0, 0.1) is 6.92 Å². The molecule has 3 heteroatoms. The van der Waals surface area contributed by atoms with E-state index in [2.05, 4.69) is 44.3 Å². The van der Waals surface area contributed by atoms with E-state index >= 15 is 0 Å². The van der Waals surface area contributed by atoms with E-state index in [1.54, 1.807) is 0 Å². The van der Waals surface area contributed by atoms with Gasteiger partial charge < -0.3 is 14.8 Å². The predicted molar refractivity (Wildman–Crippen MR) is 78.0 cm³/mol. The van der Waals surface area contributed by atoms with Crippen LogP contribution in [-0.2, 0) is 4.74 Å². The van der Waals surface area contributed by atoms with Gasteiger partial charge in [-0.25, -0.2) is 0 Å². The Hall–Kier alpha value is -1.06. The van der Waals surface area contributed by atoms with E-state index in [9.17, 15) is 0 Å². The van der Waals surface area contributed by atoms with Crippen molar-refractivity contribution in [3.8, 4) is 5.75 Å². The molecule has 0 spiro atoms. The van der Waals surface area contributed by atoms with Gasteiger partial charge in [-0.15, -0.1) is 0 Å². The van der Waals surface area contributed by atoms with Crippen molar-refractivity contribution in [1.29, 1.82) is 0 Å². The Morgan fingerprint density at radius 1 is 1.37 bits per heavy atom. The lowest BCUT2D eigenvalue weighted by Gasteiger charge is -2.32. The zero-order chi connectivity index (χ0) is 13.8. The predicted octanol–water partition coefficient (Wildman–Crippen LogP) is 2.87. The third kappa shape index (κ3) is 3.48. The van der Waals surface area contributed by atoms with Gasteiger partial charge in [0, 0.05) is 12.6 Å². The summed E-state index contributed by atoms with van der Waals surface area (Å²) in [5, 5.41) is 3.33. The number of likely N-dealkylation sites (N-methyl/N-ethyl adjacent to an activating group) is 1. The molecular weight excluding hydrogens is 238 g/mol. The van der Waals surface area contributed by atoms with Crippen molar-refractivity contribution in [3.05, 3.63) is 29.3 Å². The molecule has 106 valence electrons. The molecule has 0 aliphatic carbocycles. The van der Waals surface area contributed by atoms with Crippen molar-refractivity contribution < 1.29 is 9.47 Å². The van der Waals surface area contributed by atoms with Gasteiger partial charge in [0.15, 0.2) is 0 Å². The minimum absolute atomic E-state index is 0.0954. The second kappa shape index (κ2) is 6.40. The maximum atomic E-state index is 6.24. The molecule has 1 fully saturated rings. The van der Waals surface area contributed by atoms with Gasteiger partial charge >= 0.3 is 0 Å². The summed E-state index contributed by atoms with van der Waals surface area (Å²) in [4.78, 5) is 0. The van der Waals surface area contributed by atoms with Crippen LogP contribution in [0.15, 0.2) is 18.2 Å². The van der Waals surface area contributed by atoms with E-state index in [4.69, 9.17) is 9.47 Å². The molecule has 3 nitrogen and oxygen atoms in total. The summed E-state index contributed by atoms with van der Waals surface area (Å²) in [5.74, 6) is 1.47. The lowest BCUT2D eigenvalue weighted by Crippen LogP contribution is -2.48. The van der Waals surface area contributed by atoms with Crippen LogP contribution in [0.25, 0.3) is 0 Å². The fourth-order valence-electron chi connectivity index (χ4n) is 2.54. The fourth-order valence-corrected chi connectivity index (χ4v) is 2.54. The van der Waals surface area contributed by atoms with E-state index in [-0.39, 0.29) is 6.10 Å². The molecule has 1 aromatic rings. The first-order chi connectivity index (χ1) is 9.11. The number of benzene rings is 1. The van der Waals surface area contributed by atoms with Crippen LogP contribution in [0.3, 0.4) is 0 Å². The SMILES string of the molecule is CNC1CCOCC1Oc1cc(C)ccc1C(C)C. The molecule has 1 N–H and O–H groups in total. The maximum absolute atomic E-state index is 6.24. The van der Waals surface area contributed by atoms with Crippen molar-refractivity contribution in [1.82, 2.24) is 5.32 Å². The summed E-state index contributed by atoms with van der Waals surface area (Å²) < 4.78 is 11.8. The second-order valence-corrected chi connectivity index (χ2v) is 5.61. The highest BCUT2D eigenvalue weighted by molar-refractivity contribution is 5.39. The Morgan fingerprint density at radius 3 is 2.84 bits per heavy atom. The topological polar surface area (TPSA) is 30.5 Å². The first-order valence-electron chi connectivity index (χ1n) is 7.14. The highest BCUT2D eigenvalue weighted by Gasteiger charge is 2.27. The van der Waals surface area contributed by atoms with E-state index in [1.165, 1.54) is 11.1 Å². The molecule has 1 aliphatic heterocycles. The zero-order valence-corrected chi connectivity index (χ0v) is 12.4. The largest absolute Gasteiger partial charge is 0.486 e. The Balaban J connectivity index is 2.19. The molecule has 1 aliphatic rings. The average molecular weight is 263 g/mol. The zero-order valence-electron chi connectivity index (χ0n) is 12.4. The van der Waals surface area contributed by atoms with Crippen LogP contribution >= 0.6 is 0 Å². The Kier molecular flexibility index (Phi) is 4.83. The smallest absolute Gasteiger partial charge is 0.137 e. The molecule has 1 heterocycles. The van der Waals surface area contributed by atoms with Gasteiger partial charge in [0.2, 0.25) is 0 Å². The van der Waals surface area contributed by atoms with Gasteiger partial charge in [0.1, 0.15) is 11.9 Å². The minimum Gasteiger partial charge on any atom is -0.486 e. The lowest BCUT2D eigenvalue weighted by molar-refractivity contribution is -0.0133. The molecule has 2 unspecified atom stereocenters. The molecule has 0 aromatic heterocycles. The summed E-state index contributed by atoms with van der Waals surface area (Å²) in [6, 6.07) is 6.83. The number of nitrogens with one attached hydrogen (secondary N) is 1. The van der Waals surface area contributed by atoms with Gasteiger partial charge in [-0.1, -0.05) is 26.0 Å². The van der Waals surface area contributed by atoms with Gasteiger partial charge in [0.25, 0.3) is 0 Å². The summed E-state index contributed by atoms with van der Waals surface area (Å²) in [7, 11) is 1.99. The Labute approximate surface area is 116 Å². The lowest BCUT2D eigenvalue weighted by atomic mass is 10.00. The molecule has 0 saturated carbocycles. The quantitative estimate of drug-likeness (QED) is 0.906. The van der Waals surface area contributed by atoms with Crippen molar-refractivity contribution in [2.45, 2.75) is 45.3 Å². The molecular formula is C16H25NO2. The van der Waals surface area contributed by atoms with Crippen molar-refractivity contribution in [2.24, 2.45) is 0 Å². The molecule has 1 aromatic carbocycles. The van der Waals surface area contributed by atoms with Crippen LogP contribution in [0.4, 0.5) is 0 Å². The Morgan fingerprint density at radius 2 is 2.16 bits per heavy atom. The monoisotopic (exact) mass is 263 g/mol. The van der Waals surface area contributed by atoms with E-state index in [0.717, 1.165) is 18.8 Å². The highest BCUT2D eigenvalue weighted by atomic mass is 16.5. The summed E-state index contributed by atoms with van der Waals surface area (Å²) in [5.41, 5.74) is 2.50. The fraction of sp³-hybridized carbons (Fsp3) is 0.625. The van der Waals surface area contributed by atoms with Gasteiger partial charge in [-0.2, -0.15) is 0 Å². The summed E-state index contributed by atoms with van der Waals surface area (Å²) in [6.07, 6.45) is 1.10. The van der Waals surface area contributed by atoms with Crippen LogP contribution < -0.4 is 10.1 Å². The normalized spacial score (nSPS) is 23.6. The number of ether oxygens (including phenoxy) is 2. The number of hydrogen-bond acceptors (Lipinski definition) is 3. The molecule has 2 atom stereocenters. The molecule has 19 heavy (non-hydrogen) atoms. The standard InChI is InChI=1S/C16H25NO2/c1-11(2)13-6-5-12(3)9-15(13)19-16-10-18-8-7-14(16)17-4/h5-6,9,11,14,16-17H,7-8,10H2,1-4H3. The third-order valence-corrected chi connectivity index (χ3v) is 3.74. The summed E-state index contributed by atoms with van der Waals surface area (Å²) >= 11 is 0. The number of hydrogen-bond donors (Lipinski definition) is 1. The van der Waals surface area contributed by atoms with Crippen LogP contribution in [-0.4, -0.2) is 32.4 Å². The molecule has 1 saturated heterocycles. The Bertz CT molecular complexity index is 417. The average Bonchev–Trinajstić information content (AvgIpc) is 2.39. The molecule has 0 radical (unpaired) electrons. The number of aryl methyl sites for hydroxylation is 1. The first kappa shape index (κ1) is 14.4. The van der Waals surface area contributed by atoms with Crippen LogP contribution in [0.2, 0.25) is 0 Å². The van der Waals surface area contributed by atoms with E-state index in [1.807, 2.05) is 7.05 Å². The number of rotatable bonds is 4.